The standard InChI is InChI=1S/C19H24N4O4/c1-12(24)20-9-16-11-23(19(26)27-16)15-7-13-5-4-6-14(10-22(2)3)18(25)17(13)21-8-15/h7-8,10,16H,4-6,9,11H2,1-3H3,(H,20,24). The number of aryl methyl sites for hydroxylation is 1. The van der Waals surface area contributed by atoms with Crippen molar-refractivity contribution in [3.63, 3.8) is 0 Å². The number of hydrogen-bond acceptors (Lipinski definition) is 6. The number of pyridine rings is 1. The van der Waals surface area contributed by atoms with Crippen LogP contribution in [0.4, 0.5) is 10.5 Å². The molecule has 1 unspecified atom stereocenters. The molecule has 0 spiro atoms. The zero-order chi connectivity index (χ0) is 19.6. The highest BCUT2D eigenvalue weighted by atomic mass is 16.6. The number of cyclic esters (lactones) is 1. The average molecular weight is 372 g/mol. The minimum atomic E-state index is -0.472. The maximum Gasteiger partial charge on any atom is 0.414 e. The van der Waals surface area contributed by atoms with Gasteiger partial charge >= 0.3 is 6.09 Å². The minimum Gasteiger partial charge on any atom is -0.442 e. The number of Topliss-reactive ketones (excluding diaryl/α,β-unsaturated/α-hetero) is 1. The van der Waals surface area contributed by atoms with Crippen LogP contribution in [0.25, 0.3) is 0 Å². The molecular weight excluding hydrogens is 348 g/mol. The predicted molar refractivity (Wildman–Crippen MR) is 99.6 cm³/mol. The van der Waals surface area contributed by atoms with Gasteiger partial charge in [0.15, 0.2) is 0 Å². The molecule has 1 N–H and O–H groups in total. The molecular formula is C19H24N4O4. The number of fused-ring (bicyclic) bond motifs is 1. The van der Waals surface area contributed by atoms with Gasteiger partial charge in [-0.15, -0.1) is 0 Å². The van der Waals surface area contributed by atoms with Gasteiger partial charge in [0, 0.05) is 32.8 Å². The van der Waals surface area contributed by atoms with Gasteiger partial charge in [0.1, 0.15) is 11.8 Å². The molecule has 1 atom stereocenters. The fourth-order valence-electron chi connectivity index (χ4n) is 3.31. The van der Waals surface area contributed by atoms with E-state index in [1.54, 1.807) is 0 Å². The predicted octanol–water partition coefficient (Wildman–Crippen LogP) is 1.51. The highest BCUT2D eigenvalue weighted by molar-refractivity contribution is 6.08. The number of hydrogen-bond donors (Lipinski definition) is 1. The number of nitrogens with one attached hydrogen (secondary N) is 1. The Morgan fingerprint density at radius 1 is 1.41 bits per heavy atom. The van der Waals surface area contributed by atoms with Crippen LogP contribution in [0.5, 0.6) is 0 Å². The van der Waals surface area contributed by atoms with Crippen molar-refractivity contribution in [1.82, 2.24) is 15.2 Å². The molecule has 0 radical (unpaired) electrons. The summed E-state index contributed by atoms with van der Waals surface area (Å²) in [5.41, 5.74) is 2.65. The second-order valence-electron chi connectivity index (χ2n) is 7.06. The van der Waals surface area contributed by atoms with Crippen molar-refractivity contribution >= 4 is 23.5 Å². The van der Waals surface area contributed by atoms with Gasteiger partial charge in [0.05, 0.1) is 25.0 Å². The molecule has 2 heterocycles. The van der Waals surface area contributed by atoms with Crippen molar-refractivity contribution in [3.8, 4) is 0 Å². The SMILES string of the molecule is CC(=O)NCC1CN(c2cnc3c(c2)CCCC(=CN(C)C)C3=O)C(=O)O1. The number of carbonyl (C=O) groups excluding carboxylic acids is 3. The fourth-order valence-corrected chi connectivity index (χ4v) is 3.31. The number of anilines is 1. The zero-order valence-corrected chi connectivity index (χ0v) is 15.8. The Morgan fingerprint density at radius 3 is 2.89 bits per heavy atom. The van der Waals surface area contributed by atoms with Crippen LogP contribution in [-0.4, -0.2) is 61.0 Å². The number of allylic oxidation sites excluding steroid dienone is 1. The Bertz CT molecular complexity index is 803. The summed E-state index contributed by atoms with van der Waals surface area (Å²) < 4.78 is 5.29. The highest BCUT2D eigenvalue weighted by Crippen LogP contribution is 2.28. The molecule has 0 aromatic carbocycles. The summed E-state index contributed by atoms with van der Waals surface area (Å²) in [4.78, 5) is 43.7. The van der Waals surface area contributed by atoms with Crippen molar-refractivity contribution in [2.24, 2.45) is 0 Å². The van der Waals surface area contributed by atoms with E-state index in [2.05, 4.69) is 10.3 Å². The normalized spacial score (nSPS) is 20.9. The lowest BCUT2D eigenvalue weighted by Crippen LogP contribution is -2.33. The van der Waals surface area contributed by atoms with E-state index in [9.17, 15) is 14.4 Å². The first kappa shape index (κ1) is 18.9. The van der Waals surface area contributed by atoms with E-state index in [-0.39, 0.29) is 18.2 Å². The zero-order valence-electron chi connectivity index (χ0n) is 15.8. The third-order valence-electron chi connectivity index (χ3n) is 4.53. The van der Waals surface area contributed by atoms with Gasteiger partial charge in [-0.25, -0.2) is 4.79 Å². The first-order valence-corrected chi connectivity index (χ1v) is 8.98. The maximum absolute atomic E-state index is 12.8. The second kappa shape index (κ2) is 7.77. The molecule has 0 bridgehead atoms. The lowest BCUT2D eigenvalue weighted by Gasteiger charge is -2.15. The Kier molecular flexibility index (Phi) is 5.43. The number of rotatable bonds is 4. The summed E-state index contributed by atoms with van der Waals surface area (Å²) in [6.07, 6.45) is 4.78. The van der Waals surface area contributed by atoms with Crippen LogP contribution in [0.3, 0.4) is 0 Å². The van der Waals surface area contributed by atoms with Gasteiger partial charge in [-0.2, -0.15) is 0 Å². The Hall–Kier alpha value is -2.90. The van der Waals surface area contributed by atoms with Gasteiger partial charge in [-0.3, -0.25) is 19.5 Å². The van der Waals surface area contributed by atoms with E-state index >= 15 is 0 Å². The second-order valence-corrected chi connectivity index (χ2v) is 7.06. The molecule has 1 saturated heterocycles. The Morgan fingerprint density at radius 2 is 2.19 bits per heavy atom. The summed E-state index contributed by atoms with van der Waals surface area (Å²) >= 11 is 0. The van der Waals surface area contributed by atoms with E-state index in [4.69, 9.17) is 4.74 Å². The molecule has 3 rings (SSSR count). The fraction of sp³-hybridized carbons (Fsp3) is 0.474. The molecule has 1 aliphatic carbocycles. The van der Waals surface area contributed by atoms with Crippen LogP contribution < -0.4 is 10.2 Å². The summed E-state index contributed by atoms with van der Waals surface area (Å²) in [7, 11) is 3.78. The number of ether oxygens (including phenoxy) is 1. The molecule has 8 nitrogen and oxygen atoms in total. The van der Waals surface area contributed by atoms with Crippen LogP contribution >= 0.6 is 0 Å². The van der Waals surface area contributed by atoms with Crippen LogP contribution in [-0.2, 0) is 16.0 Å². The number of amides is 2. The topological polar surface area (TPSA) is 91.8 Å². The van der Waals surface area contributed by atoms with Gasteiger partial charge in [-0.05, 0) is 30.9 Å². The van der Waals surface area contributed by atoms with E-state index in [0.717, 1.165) is 24.0 Å². The molecule has 1 fully saturated rings. The van der Waals surface area contributed by atoms with Crippen LogP contribution in [0.15, 0.2) is 24.0 Å². The molecule has 0 saturated carbocycles. The molecule has 144 valence electrons. The van der Waals surface area contributed by atoms with Crippen molar-refractivity contribution in [2.75, 3.05) is 32.1 Å². The first-order chi connectivity index (χ1) is 12.8. The Labute approximate surface area is 158 Å². The highest BCUT2D eigenvalue weighted by Gasteiger charge is 2.33. The number of ketones is 1. The molecule has 2 aliphatic rings. The van der Waals surface area contributed by atoms with E-state index in [0.29, 0.717) is 24.3 Å². The summed E-state index contributed by atoms with van der Waals surface area (Å²) in [5.74, 6) is -0.230. The maximum atomic E-state index is 12.8. The number of aromatic nitrogens is 1. The quantitative estimate of drug-likeness (QED) is 0.636. The third kappa shape index (κ3) is 4.27. The smallest absolute Gasteiger partial charge is 0.414 e. The summed E-state index contributed by atoms with van der Waals surface area (Å²) in [6, 6.07) is 1.85. The summed E-state index contributed by atoms with van der Waals surface area (Å²) in [6.45, 7) is 2.02. The van der Waals surface area contributed by atoms with Gasteiger partial charge in [0.25, 0.3) is 0 Å². The van der Waals surface area contributed by atoms with E-state index in [1.165, 1.54) is 18.0 Å². The molecule has 27 heavy (non-hydrogen) atoms. The van der Waals surface area contributed by atoms with E-state index in [1.807, 2.05) is 31.3 Å². The van der Waals surface area contributed by atoms with Crippen LogP contribution in [0.1, 0.15) is 35.8 Å². The van der Waals surface area contributed by atoms with Crippen molar-refractivity contribution in [2.45, 2.75) is 32.3 Å². The molecule has 1 aromatic heterocycles. The first-order valence-electron chi connectivity index (χ1n) is 8.98. The minimum absolute atomic E-state index is 0.0599. The molecule has 8 heteroatoms. The van der Waals surface area contributed by atoms with Gasteiger partial charge in [0.2, 0.25) is 11.7 Å². The molecule has 2 amide bonds. The van der Waals surface area contributed by atoms with Crippen molar-refractivity contribution in [3.05, 3.63) is 35.3 Å². The largest absolute Gasteiger partial charge is 0.442 e. The lowest BCUT2D eigenvalue weighted by atomic mass is 10.1. The van der Waals surface area contributed by atoms with Crippen LogP contribution in [0, 0.1) is 0 Å². The summed E-state index contributed by atoms with van der Waals surface area (Å²) in [5, 5.41) is 2.65. The van der Waals surface area contributed by atoms with Crippen LogP contribution in [0.2, 0.25) is 0 Å². The number of carbonyl (C=O) groups is 3. The van der Waals surface area contributed by atoms with Gasteiger partial charge < -0.3 is 15.0 Å². The lowest BCUT2D eigenvalue weighted by molar-refractivity contribution is -0.119. The Balaban J connectivity index is 1.80. The van der Waals surface area contributed by atoms with E-state index < -0.39 is 12.2 Å². The molecule has 1 aromatic rings. The average Bonchev–Trinajstić information content (AvgIpc) is 2.91. The molecule has 1 aliphatic heterocycles. The third-order valence-corrected chi connectivity index (χ3v) is 4.53. The monoisotopic (exact) mass is 372 g/mol. The van der Waals surface area contributed by atoms with Crippen molar-refractivity contribution in [1.29, 1.82) is 0 Å². The number of nitrogens with zero attached hydrogens (tertiary/aromatic N) is 3. The van der Waals surface area contributed by atoms with Gasteiger partial charge in [-0.1, -0.05) is 0 Å². The van der Waals surface area contributed by atoms with Crippen molar-refractivity contribution < 1.29 is 19.1 Å².